The van der Waals surface area contributed by atoms with Crippen molar-refractivity contribution in [3.8, 4) is 0 Å². The molecule has 1 fully saturated rings. The minimum atomic E-state index is 0.161. The fourth-order valence-corrected chi connectivity index (χ4v) is 3.47. The molecule has 0 radical (unpaired) electrons. The molecule has 1 aromatic heterocycles. The predicted octanol–water partition coefficient (Wildman–Crippen LogP) is 2.48. The number of nitrogens with two attached hydrogens (primary N) is 1. The zero-order valence-electron chi connectivity index (χ0n) is 11.8. The molecule has 0 aliphatic carbocycles. The Morgan fingerprint density at radius 1 is 1.56 bits per heavy atom. The maximum Gasteiger partial charge on any atom is 0.0972 e. The average molecular weight is 267 g/mol. The zero-order valence-corrected chi connectivity index (χ0v) is 12.6. The minimum absolute atomic E-state index is 0.161. The minimum Gasteiger partial charge on any atom is -0.330 e. The Hall–Kier alpha value is -0.450. The lowest BCUT2D eigenvalue weighted by Crippen LogP contribution is -2.30. The van der Waals surface area contributed by atoms with Gasteiger partial charge in [0, 0.05) is 17.8 Å². The van der Waals surface area contributed by atoms with E-state index in [-0.39, 0.29) is 5.41 Å². The van der Waals surface area contributed by atoms with Gasteiger partial charge in [-0.3, -0.25) is 0 Å². The van der Waals surface area contributed by atoms with Gasteiger partial charge in [-0.05, 0) is 44.8 Å². The lowest BCUT2D eigenvalue weighted by Gasteiger charge is -2.28. The Kier molecular flexibility index (Phi) is 4.41. The van der Waals surface area contributed by atoms with E-state index < -0.39 is 0 Å². The maximum absolute atomic E-state index is 5.79. The summed E-state index contributed by atoms with van der Waals surface area (Å²) < 4.78 is 0. The number of aromatic nitrogens is 1. The van der Waals surface area contributed by atoms with Crippen LogP contribution in [0, 0.1) is 5.41 Å². The van der Waals surface area contributed by atoms with E-state index in [1.807, 2.05) is 11.3 Å². The first-order chi connectivity index (χ1) is 8.50. The quantitative estimate of drug-likeness (QED) is 0.911. The van der Waals surface area contributed by atoms with Crippen molar-refractivity contribution in [2.24, 2.45) is 11.1 Å². The summed E-state index contributed by atoms with van der Waals surface area (Å²) >= 11 is 1.83. The first kappa shape index (κ1) is 14.0. The number of hydrogen-bond donors (Lipinski definition) is 1. The number of piperidine rings is 1. The molecule has 1 aromatic rings. The van der Waals surface area contributed by atoms with Crippen molar-refractivity contribution in [3.63, 3.8) is 0 Å². The molecule has 3 nitrogen and oxygen atoms in total. The predicted molar refractivity (Wildman–Crippen MR) is 78.1 cm³/mol. The van der Waals surface area contributed by atoms with Crippen LogP contribution in [0.5, 0.6) is 0 Å². The number of likely N-dealkylation sites (tertiary alicyclic amines) is 1. The normalized spacial score (nSPS) is 22.3. The van der Waals surface area contributed by atoms with Crippen LogP contribution in [0.15, 0.2) is 5.38 Å². The van der Waals surface area contributed by atoms with E-state index in [0.717, 1.165) is 13.0 Å². The van der Waals surface area contributed by atoms with E-state index in [4.69, 9.17) is 10.7 Å². The van der Waals surface area contributed by atoms with Crippen molar-refractivity contribution in [3.05, 3.63) is 16.1 Å². The molecule has 18 heavy (non-hydrogen) atoms. The standard InChI is InChI=1S/C14H25N3S/c1-14(2,10-15)7-12-9-18-13(16-12)11-5-4-6-17(3)8-11/h9,11H,4-8,10,15H2,1-3H3. The molecule has 0 saturated carbocycles. The molecule has 102 valence electrons. The number of thiazole rings is 1. The van der Waals surface area contributed by atoms with Crippen LogP contribution < -0.4 is 5.73 Å². The first-order valence-corrected chi connectivity index (χ1v) is 7.71. The summed E-state index contributed by atoms with van der Waals surface area (Å²) in [5.74, 6) is 0.642. The van der Waals surface area contributed by atoms with Gasteiger partial charge in [0.15, 0.2) is 0 Å². The molecule has 0 spiro atoms. The Bertz CT molecular complexity index is 386. The van der Waals surface area contributed by atoms with Crippen LogP contribution in [0.1, 0.15) is 43.3 Å². The first-order valence-electron chi connectivity index (χ1n) is 6.83. The second-order valence-corrected chi connectivity index (χ2v) is 7.21. The van der Waals surface area contributed by atoms with Crippen LogP contribution in [0.3, 0.4) is 0 Å². The van der Waals surface area contributed by atoms with Crippen LogP contribution >= 0.6 is 11.3 Å². The van der Waals surface area contributed by atoms with E-state index in [1.165, 1.54) is 30.1 Å². The molecule has 2 heterocycles. The number of hydrogen-bond acceptors (Lipinski definition) is 4. The summed E-state index contributed by atoms with van der Waals surface area (Å²) in [6.45, 7) is 7.52. The highest BCUT2D eigenvalue weighted by Gasteiger charge is 2.23. The molecule has 2 N–H and O–H groups in total. The van der Waals surface area contributed by atoms with Crippen molar-refractivity contribution in [1.82, 2.24) is 9.88 Å². The van der Waals surface area contributed by atoms with Crippen LogP contribution in [0.4, 0.5) is 0 Å². The lowest BCUT2D eigenvalue weighted by molar-refractivity contribution is 0.250. The molecule has 1 aliphatic heterocycles. The van der Waals surface area contributed by atoms with Gasteiger partial charge in [-0.25, -0.2) is 4.98 Å². The Morgan fingerprint density at radius 3 is 3.00 bits per heavy atom. The smallest absolute Gasteiger partial charge is 0.0972 e. The van der Waals surface area contributed by atoms with Crippen LogP contribution in [-0.2, 0) is 6.42 Å². The monoisotopic (exact) mass is 267 g/mol. The van der Waals surface area contributed by atoms with Crippen molar-refractivity contribution < 1.29 is 0 Å². The second kappa shape index (κ2) is 5.68. The van der Waals surface area contributed by atoms with E-state index >= 15 is 0 Å². The fraction of sp³-hybridized carbons (Fsp3) is 0.786. The van der Waals surface area contributed by atoms with Gasteiger partial charge >= 0.3 is 0 Å². The maximum atomic E-state index is 5.79. The number of likely N-dealkylation sites (N-methyl/N-ethyl adjacent to an activating group) is 1. The van der Waals surface area contributed by atoms with Gasteiger partial charge < -0.3 is 10.6 Å². The summed E-state index contributed by atoms with van der Waals surface area (Å²) in [5, 5.41) is 3.55. The van der Waals surface area contributed by atoms with Crippen LogP contribution in [-0.4, -0.2) is 36.6 Å². The summed E-state index contributed by atoms with van der Waals surface area (Å²) in [4.78, 5) is 7.25. The van der Waals surface area contributed by atoms with Gasteiger partial charge in [-0.15, -0.1) is 11.3 Å². The van der Waals surface area contributed by atoms with E-state index in [1.54, 1.807) is 0 Å². The van der Waals surface area contributed by atoms with Gasteiger partial charge in [-0.1, -0.05) is 13.8 Å². The Balaban J connectivity index is 2.01. The molecule has 1 saturated heterocycles. The van der Waals surface area contributed by atoms with Crippen molar-refractivity contribution in [1.29, 1.82) is 0 Å². The molecule has 4 heteroatoms. The van der Waals surface area contributed by atoms with Gasteiger partial charge in [0.25, 0.3) is 0 Å². The highest BCUT2D eigenvalue weighted by atomic mass is 32.1. The van der Waals surface area contributed by atoms with Crippen molar-refractivity contribution in [2.75, 3.05) is 26.7 Å². The van der Waals surface area contributed by atoms with Crippen LogP contribution in [0.25, 0.3) is 0 Å². The fourth-order valence-electron chi connectivity index (χ4n) is 2.52. The van der Waals surface area contributed by atoms with Crippen molar-refractivity contribution in [2.45, 2.75) is 39.0 Å². The number of rotatable bonds is 4. The average Bonchev–Trinajstić information content (AvgIpc) is 2.77. The highest BCUT2D eigenvalue weighted by molar-refractivity contribution is 7.09. The highest BCUT2D eigenvalue weighted by Crippen LogP contribution is 2.30. The Labute approximate surface area is 114 Å². The second-order valence-electron chi connectivity index (χ2n) is 6.32. The molecule has 2 rings (SSSR count). The molecule has 0 bridgehead atoms. The van der Waals surface area contributed by atoms with Gasteiger partial charge in [0.05, 0.1) is 10.7 Å². The van der Waals surface area contributed by atoms with E-state index in [9.17, 15) is 0 Å². The summed E-state index contributed by atoms with van der Waals surface area (Å²) in [6, 6.07) is 0. The molecule has 0 amide bonds. The zero-order chi connectivity index (χ0) is 13.2. The summed E-state index contributed by atoms with van der Waals surface area (Å²) in [6.07, 6.45) is 3.57. The largest absolute Gasteiger partial charge is 0.330 e. The lowest BCUT2D eigenvalue weighted by atomic mass is 9.88. The van der Waals surface area contributed by atoms with E-state index in [2.05, 4.69) is 31.2 Å². The Morgan fingerprint density at radius 2 is 2.33 bits per heavy atom. The molecule has 1 aliphatic rings. The third-order valence-electron chi connectivity index (χ3n) is 3.76. The SMILES string of the molecule is CN1CCCC(c2nc(CC(C)(C)CN)cs2)C1. The van der Waals surface area contributed by atoms with Crippen molar-refractivity contribution >= 4 is 11.3 Å². The summed E-state index contributed by atoms with van der Waals surface area (Å²) in [5.41, 5.74) is 7.17. The van der Waals surface area contributed by atoms with E-state index in [0.29, 0.717) is 12.5 Å². The summed E-state index contributed by atoms with van der Waals surface area (Å²) in [7, 11) is 2.21. The molecular weight excluding hydrogens is 242 g/mol. The van der Waals surface area contributed by atoms with Gasteiger partial charge in [-0.2, -0.15) is 0 Å². The molecule has 1 unspecified atom stereocenters. The van der Waals surface area contributed by atoms with Gasteiger partial charge in [0.2, 0.25) is 0 Å². The molecule has 0 aromatic carbocycles. The topological polar surface area (TPSA) is 42.2 Å². The third-order valence-corrected chi connectivity index (χ3v) is 4.81. The molecular formula is C14H25N3S. The third kappa shape index (κ3) is 3.53. The van der Waals surface area contributed by atoms with Gasteiger partial charge in [0.1, 0.15) is 0 Å². The number of nitrogens with zero attached hydrogens (tertiary/aromatic N) is 2. The molecule has 1 atom stereocenters. The van der Waals surface area contributed by atoms with Crippen LogP contribution in [0.2, 0.25) is 0 Å².